The predicted octanol–water partition coefficient (Wildman–Crippen LogP) is 4.65. The number of benzene rings is 1. The van der Waals surface area contributed by atoms with Crippen molar-refractivity contribution in [2.45, 2.75) is 39.5 Å². The van der Waals surface area contributed by atoms with Crippen LogP contribution in [-0.2, 0) is 11.2 Å². The zero-order valence-electron chi connectivity index (χ0n) is 16.6. The van der Waals surface area contributed by atoms with Gasteiger partial charge >= 0.3 is 0 Å². The number of carbonyl (C=O) groups is 1. The van der Waals surface area contributed by atoms with E-state index in [4.69, 9.17) is 4.98 Å². The average molecular weight is 444 g/mol. The van der Waals surface area contributed by atoms with E-state index in [2.05, 4.69) is 36.6 Å². The Hall–Kier alpha value is -1.14. The monoisotopic (exact) mass is 443 g/mol. The summed E-state index contributed by atoms with van der Waals surface area (Å²) in [6, 6.07) is 10.3. The second kappa shape index (κ2) is 12.4. The Balaban J connectivity index is 0.00000196. The van der Waals surface area contributed by atoms with Gasteiger partial charge in [0.25, 0.3) is 0 Å². The van der Waals surface area contributed by atoms with Crippen LogP contribution in [0.25, 0.3) is 11.3 Å². The lowest BCUT2D eigenvalue weighted by Gasteiger charge is -2.27. The molecule has 1 aromatic heterocycles. The van der Waals surface area contributed by atoms with Crippen LogP contribution in [0.4, 0.5) is 0 Å². The van der Waals surface area contributed by atoms with Crippen molar-refractivity contribution in [1.82, 2.24) is 15.6 Å². The van der Waals surface area contributed by atoms with Gasteiger partial charge in [0, 0.05) is 29.8 Å². The maximum Gasteiger partial charge on any atom is 0.220 e. The largest absolute Gasteiger partial charge is 0.356 e. The van der Waals surface area contributed by atoms with Crippen LogP contribution in [-0.4, -0.2) is 30.5 Å². The first-order chi connectivity index (χ1) is 12.6. The zero-order chi connectivity index (χ0) is 18.4. The molecule has 0 spiro atoms. The van der Waals surface area contributed by atoms with E-state index < -0.39 is 0 Å². The van der Waals surface area contributed by atoms with E-state index in [0.29, 0.717) is 24.8 Å². The van der Waals surface area contributed by atoms with Gasteiger partial charge in [-0.2, -0.15) is 0 Å². The van der Waals surface area contributed by atoms with Gasteiger partial charge in [0.2, 0.25) is 5.91 Å². The summed E-state index contributed by atoms with van der Waals surface area (Å²) in [5.74, 6) is 1.31. The Labute approximate surface area is 184 Å². The summed E-state index contributed by atoms with van der Waals surface area (Å²) in [6.45, 7) is 7.17. The van der Waals surface area contributed by atoms with E-state index in [1.807, 2.05) is 18.2 Å². The summed E-state index contributed by atoms with van der Waals surface area (Å²) in [4.78, 5) is 18.2. The van der Waals surface area contributed by atoms with Crippen LogP contribution >= 0.6 is 36.2 Å². The third-order valence-electron chi connectivity index (χ3n) is 5.25. The van der Waals surface area contributed by atoms with Crippen molar-refractivity contribution in [2.75, 3.05) is 19.6 Å². The van der Waals surface area contributed by atoms with E-state index in [0.717, 1.165) is 35.8 Å². The summed E-state index contributed by atoms with van der Waals surface area (Å²) < 4.78 is 0. The molecule has 2 aromatic rings. The minimum atomic E-state index is 0. The molecular formula is C21H31Cl2N3OS. The summed E-state index contributed by atoms with van der Waals surface area (Å²) >= 11 is 1.73. The summed E-state index contributed by atoms with van der Waals surface area (Å²) in [6.07, 6.45) is 3.81. The molecule has 1 unspecified atom stereocenters. The Morgan fingerprint density at radius 2 is 1.93 bits per heavy atom. The molecule has 1 fully saturated rings. The standard InChI is InChI=1S/C21H29N3OS.2ClH/c1-15(17-8-11-22-12-9-17)14-19(25)23-13-10-20-24-21(16(2)26-20)18-6-4-3-5-7-18;;/h3-7,15,17,22H,8-14H2,1-2H3,(H,23,25);2*1H. The number of hydrogen-bond donors (Lipinski definition) is 2. The molecule has 1 saturated heterocycles. The van der Waals surface area contributed by atoms with Gasteiger partial charge in [0.15, 0.2) is 0 Å². The molecule has 2 heterocycles. The highest BCUT2D eigenvalue weighted by molar-refractivity contribution is 7.12. The van der Waals surface area contributed by atoms with Gasteiger partial charge in [0.1, 0.15) is 0 Å². The van der Waals surface area contributed by atoms with E-state index >= 15 is 0 Å². The van der Waals surface area contributed by atoms with Crippen molar-refractivity contribution < 1.29 is 4.79 Å². The Morgan fingerprint density at radius 1 is 1.25 bits per heavy atom. The average Bonchev–Trinajstić information content (AvgIpc) is 3.03. The SMILES string of the molecule is Cc1sc(CCNC(=O)CC(C)C2CCNCC2)nc1-c1ccccc1.Cl.Cl. The number of hydrogen-bond acceptors (Lipinski definition) is 4. The first-order valence-electron chi connectivity index (χ1n) is 9.62. The third kappa shape index (κ3) is 7.03. The van der Waals surface area contributed by atoms with Gasteiger partial charge < -0.3 is 10.6 Å². The van der Waals surface area contributed by atoms with Crippen LogP contribution in [0.1, 0.15) is 36.1 Å². The van der Waals surface area contributed by atoms with Crippen LogP contribution in [0.2, 0.25) is 0 Å². The molecule has 7 heteroatoms. The molecular weight excluding hydrogens is 413 g/mol. The van der Waals surface area contributed by atoms with Crippen LogP contribution in [0.15, 0.2) is 30.3 Å². The molecule has 0 aliphatic carbocycles. The van der Waals surface area contributed by atoms with Crippen molar-refractivity contribution in [3.05, 3.63) is 40.2 Å². The van der Waals surface area contributed by atoms with E-state index in [1.165, 1.54) is 17.7 Å². The summed E-state index contributed by atoms with van der Waals surface area (Å²) in [5, 5.41) is 7.56. The van der Waals surface area contributed by atoms with E-state index in [-0.39, 0.29) is 30.7 Å². The Morgan fingerprint density at radius 3 is 2.61 bits per heavy atom. The first-order valence-corrected chi connectivity index (χ1v) is 10.4. The lowest BCUT2D eigenvalue weighted by atomic mass is 9.84. The van der Waals surface area contributed by atoms with E-state index in [1.54, 1.807) is 11.3 Å². The van der Waals surface area contributed by atoms with Crippen molar-refractivity contribution in [3.8, 4) is 11.3 Å². The smallest absolute Gasteiger partial charge is 0.220 e. The molecule has 28 heavy (non-hydrogen) atoms. The van der Waals surface area contributed by atoms with Gasteiger partial charge in [-0.05, 0) is 44.7 Å². The van der Waals surface area contributed by atoms with Crippen molar-refractivity contribution >= 4 is 42.1 Å². The number of halogens is 2. The number of rotatable bonds is 7. The molecule has 3 rings (SSSR count). The van der Waals surface area contributed by atoms with Crippen molar-refractivity contribution in [2.24, 2.45) is 11.8 Å². The van der Waals surface area contributed by atoms with Gasteiger partial charge in [0.05, 0.1) is 10.7 Å². The molecule has 4 nitrogen and oxygen atoms in total. The van der Waals surface area contributed by atoms with Crippen LogP contribution in [0.5, 0.6) is 0 Å². The summed E-state index contributed by atoms with van der Waals surface area (Å²) in [7, 11) is 0. The molecule has 1 amide bonds. The van der Waals surface area contributed by atoms with Crippen LogP contribution in [0, 0.1) is 18.8 Å². The van der Waals surface area contributed by atoms with Gasteiger partial charge in [-0.1, -0.05) is 37.3 Å². The van der Waals surface area contributed by atoms with Crippen molar-refractivity contribution in [1.29, 1.82) is 0 Å². The molecule has 1 atom stereocenters. The number of piperidine rings is 1. The second-order valence-electron chi connectivity index (χ2n) is 7.25. The maximum absolute atomic E-state index is 12.2. The van der Waals surface area contributed by atoms with E-state index in [9.17, 15) is 4.79 Å². The molecule has 0 radical (unpaired) electrons. The molecule has 1 aliphatic heterocycles. The number of nitrogens with one attached hydrogen (secondary N) is 2. The maximum atomic E-state index is 12.2. The van der Waals surface area contributed by atoms with Gasteiger partial charge in [-0.15, -0.1) is 36.2 Å². The third-order valence-corrected chi connectivity index (χ3v) is 6.28. The Kier molecular flexibility index (Phi) is 11.1. The highest BCUT2D eigenvalue weighted by atomic mass is 35.5. The van der Waals surface area contributed by atoms with Crippen LogP contribution in [0.3, 0.4) is 0 Å². The molecule has 1 aromatic carbocycles. The number of thiazole rings is 1. The number of carbonyl (C=O) groups excluding carboxylic acids is 1. The lowest BCUT2D eigenvalue weighted by Crippen LogP contribution is -2.34. The predicted molar refractivity (Wildman–Crippen MR) is 123 cm³/mol. The zero-order valence-corrected chi connectivity index (χ0v) is 19.0. The Bertz CT molecular complexity index is 718. The molecule has 2 N–H and O–H groups in total. The number of nitrogens with zero attached hydrogens (tertiary/aromatic N) is 1. The second-order valence-corrected chi connectivity index (χ2v) is 8.53. The fourth-order valence-electron chi connectivity index (χ4n) is 3.68. The fourth-order valence-corrected chi connectivity index (χ4v) is 4.63. The van der Waals surface area contributed by atoms with Crippen molar-refractivity contribution in [3.63, 3.8) is 0 Å². The quantitative estimate of drug-likeness (QED) is 0.654. The summed E-state index contributed by atoms with van der Waals surface area (Å²) in [5.41, 5.74) is 2.23. The number of amides is 1. The molecule has 156 valence electrons. The minimum Gasteiger partial charge on any atom is -0.356 e. The molecule has 0 saturated carbocycles. The number of aryl methyl sites for hydroxylation is 1. The minimum absolute atomic E-state index is 0. The van der Waals surface area contributed by atoms with Gasteiger partial charge in [-0.3, -0.25) is 4.79 Å². The molecule has 0 bridgehead atoms. The lowest BCUT2D eigenvalue weighted by molar-refractivity contribution is -0.122. The van der Waals surface area contributed by atoms with Gasteiger partial charge in [-0.25, -0.2) is 4.98 Å². The normalized spacial score (nSPS) is 15.2. The highest BCUT2D eigenvalue weighted by Gasteiger charge is 2.21. The fraction of sp³-hybridized carbons (Fsp3) is 0.524. The molecule has 1 aliphatic rings. The topological polar surface area (TPSA) is 54.0 Å². The number of aromatic nitrogens is 1. The van der Waals surface area contributed by atoms with Crippen LogP contribution < -0.4 is 10.6 Å². The first kappa shape index (κ1) is 24.9. The highest BCUT2D eigenvalue weighted by Crippen LogP contribution is 2.27.